The van der Waals surface area contributed by atoms with Gasteiger partial charge in [0.05, 0.1) is 7.11 Å². The summed E-state index contributed by atoms with van der Waals surface area (Å²) in [5.41, 5.74) is 0. The summed E-state index contributed by atoms with van der Waals surface area (Å²) in [6, 6.07) is 3.89. The molecule has 0 saturated carbocycles. The van der Waals surface area contributed by atoms with Gasteiger partial charge in [0, 0.05) is 12.4 Å². The minimum absolute atomic E-state index is 0.245. The van der Waals surface area contributed by atoms with Gasteiger partial charge in [-0.3, -0.25) is 4.79 Å². The lowest BCUT2D eigenvalue weighted by Gasteiger charge is -1.81. The Morgan fingerprint density at radius 1 is 1.50 bits per heavy atom. The van der Waals surface area contributed by atoms with E-state index >= 15 is 0 Å². The first kappa shape index (κ1) is 8.81. The first-order chi connectivity index (χ1) is 4.77. The summed E-state index contributed by atoms with van der Waals surface area (Å²) in [6.45, 7) is 0. The van der Waals surface area contributed by atoms with Gasteiger partial charge >= 0.3 is 0 Å². The third-order valence-electron chi connectivity index (χ3n) is 0.783. The van der Waals surface area contributed by atoms with Crippen molar-refractivity contribution in [2.75, 3.05) is 7.11 Å². The van der Waals surface area contributed by atoms with Crippen LogP contribution in [0, 0.1) is 0 Å². The summed E-state index contributed by atoms with van der Waals surface area (Å²) in [7, 11) is 2.71. The number of methoxy groups -OCH3 is 1. The topological polar surface area (TPSA) is 42.1 Å². The second kappa shape index (κ2) is 5.94. The maximum Gasteiger partial charge on any atom is 0.242 e. The van der Waals surface area contributed by atoms with Crippen LogP contribution < -0.4 is 0 Å². The summed E-state index contributed by atoms with van der Waals surface area (Å²) in [4.78, 5) is 12.5. The van der Waals surface area contributed by atoms with Crippen LogP contribution in [-0.4, -0.2) is 25.8 Å². The predicted octanol–water partition coefficient (Wildman–Crippen LogP) is 0.401. The zero-order valence-electron chi connectivity index (χ0n) is 6.13. The minimum Gasteiger partial charge on any atom is -0.477 e. The molecular weight excluding hydrogens is 129 g/mol. The number of aromatic amines is 1. The Hall–Kier alpha value is -1.19. The number of hydrogen-bond donors (Lipinski definition) is 1. The molecule has 0 aliphatic heterocycles. The SMILES string of the molecule is BC(=O)OC.c1cc[nH]c1. The van der Waals surface area contributed by atoms with Gasteiger partial charge in [-0.2, -0.15) is 0 Å². The molecule has 0 aliphatic carbocycles. The van der Waals surface area contributed by atoms with E-state index in [-0.39, 0.29) is 5.87 Å². The number of carbonyl (C=O) groups is 1. The number of carbonyl (C=O) groups excluding carboxylic acids is 1. The van der Waals surface area contributed by atoms with Gasteiger partial charge in [-0.15, -0.1) is 0 Å². The quantitative estimate of drug-likeness (QED) is 0.528. The molecule has 1 aromatic rings. The van der Waals surface area contributed by atoms with Crippen LogP contribution >= 0.6 is 0 Å². The molecule has 0 spiro atoms. The van der Waals surface area contributed by atoms with Crippen molar-refractivity contribution in [1.82, 2.24) is 4.98 Å². The van der Waals surface area contributed by atoms with Gasteiger partial charge in [0.1, 0.15) is 0 Å². The lowest BCUT2D eigenvalue weighted by molar-refractivity contribution is 0.198. The molecule has 0 saturated heterocycles. The molecule has 0 radical (unpaired) electrons. The molecule has 0 aliphatic rings. The highest BCUT2D eigenvalue weighted by Crippen LogP contribution is 1.72. The van der Waals surface area contributed by atoms with Crippen LogP contribution in [0.3, 0.4) is 0 Å². The molecule has 0 fully saturated rings. The Bertz CT molecular complexity index is 145. The maximum absolute atomic E-state index is 9.59. The van der Waals surface area contributed by atoms with Gasteiger partial charge in [-0.05, 0) is 12.1 Å². The number of rotatable bonds is 0. The van der Waals surface area contributed by atoms with Gasteiger partial charge in [-0.1, -0.05) is 0 Å². The second-order valence-corrected chi connectivity index (χ2v) is 1.58. The molecule has 3 nitrogen and oxygen atoms in total. The standard InChI is InChI=1S/C4H5N.C2H5BO2/c1-2-4-5-3-1;1-5-2(3)4/h1-5H;3H2,1H3. The Kier molecular flexibility index (Phi) is 5.24. The first-order valence-corrected chi connectivity index (χ1v) is 2.89. The third-order valence-corrected chi connectivity index (χ3v) is 0.783. The lowest BCUT2D eigenvalue weighted by Crippen LogP contribution is -1.92. The maximum atomic E-state index is 9.59. The normalized spacial score (nSPS) is 7.30. The summed E-state index contributed by atoms with van der Waals surface area (Å²) < 4.78 is 4.11. The Morgan fingerprint density at radius 2 is 1.90 bits per heavy atom. The van der Waals surface area contributed by atoms with E-state index in [9.17, 15) is 4.79 Å². The van der Waals surface area contributed by atoms with Crippen molar-refractivity contribution in [3.8, 4) is 0 Å². The Morgan fingerprint density at radius 3 is 2.00 bits per heavy atom. The number of H-pyrrole nitrogens is 1. The molecule has 0 aromatic carbocycles. The van der Waals surface area contributed by atoms with Gasteiger partial charge < -0.3 is 9.72 Å². The number of hydrogen-bond acceptors (Lipinski definition) is 2. The average molecular weight is 139 g/mol. The van der Waals surface area contributed by atoms with Crippen LogP contribution in [0.5, 0.6) is 0 Å². The van der Waals surface area contributed by atoms with Crippen molar-refractivity contribution in [1.29, 1.82) is 0 Å². The van der Waals surface area contributed by atoms with Crippen molar-refractivity contribution in [3.05, 3.63) is 24.5 Å². The third kappa shape index (κ3) is 6.81. The summed E-state index contributed by atoms with van der Waals surface area (Å²) >= 11 is 0. The van der Waals surface area contributed by atoms with E-state index in [2.05, 4.69) is 9.72 Å². The van der Waals surface area contributed by atoms with Crippen molar-refractivity contribution >= 4 is 13.7 Å². The molecule has 10 heavy (non-hydrogen) atoms. The number of ether oxygens (including phenoxy) is 1. The van der Waals surface area contributed by atoms with Crippen LogP contribution in [0.15, 0.2) is 24.5 Å². The monoisotopic (exact) mass is 139 g/mol. The molecule has 1 aromatic heterocycles. The molecule has 54 valence electrons. The lowest BCUT2D eigenvalue weighted by atomic mass is 10.2. The van der Waals surface area contributed by atoms with Gasteiger partial charge in [-0.25, -0.2) is 0 Å². The molecule has 0 unspecified atom stereocenters. The van der Waals surface area contributed by atoms with Crippen molar-refractivity contribution in [2.24, 2.45) is 0 Å². The number of nitrogens with one attached hydrogen (secondary N) is 1. The van der Waals surface area contributed by atoms with E-state index in [1.54, 1.807) is 0 Å². The Balaban J connectivity index is 0.000000162. The highest BCUT2D eigenvalue weighted by Gasteiger charge is 1.76. The fourth-order valence-corrected chi connectivity index (χ4v) is 0.278. The summed E-state index contributed by atoms with van der Waals surface area (Å²) in [5.74, 6) is -0.245. The van der Waals surface area contributed by atoms with Crippen LogP contribution in [0.1, 0.15) is 0 Å². The minimum atomic E-state index is -0.245. The molecule has 4 heteroatoms. The molecule has 0 bridgehead atoms. The van der Waals surface area contributed by atoms with E-state index in [0.717, 1.165) is 0 Å². The van der Waals surface area contributed by atoms with Crippen molar-refractivity contribution in [2.45, 2.75) is 0 Å². The van der Waals surface area contributed by atoms with E-state index < -0.39 is 0 Å². The first-order valence-electron chi connectivity index (χ1n) is 2.89. The molecule has 1 rings (SSSR count). The Labute approximate surface area is 60.8 Å². The molecule has 0 amide bonds. The van der Waals surface area contributed by atoms with E-state index in [1.165, 1.54) is 15.0 Å². The van der Waals surface area contributed by atoms with E-state index in [0.29, 0.717) is 0 Å². The second-order valence-electron chi connectivity index (χ2n) is 1.58. The fraction of sp³-hybridized carbons (Fsp3) is 0.167. The highest BCUT2D eigenvalue weighted by atomic mass is 16.5. The smallest absolute Gasteiger partial charge is 0.242 e. The van der Waals surface area contributed by atoms with Crippen molar-refractivity contribution < 1.29 is 9.53 Å². The van der Waals surface area contributed by atoms with Crippen LogP contribution in [0.4, 0.5) is 4.79 Å². The zero-order chi connectivity index (χ0) is 7.82. The van der Waals surface area contributed by atoms with Crippen LogP contribution in [-0.2, 0) is 4.74 Å². The van der Waals surface area contributed by atoms with Crippen LogP contribution in [0.2, 0.25) is 0 Å². The largest absolute Gasteiger partial charge is 0.477 e. The molecular formula is C6H10BNO2. The average Bonchev–Trinajstić information content (AvgIpc) is 2.43. The highest BCUT2D eigenvalue weighted by molar-refractivity contribution is 6.55. The van der Waals surface area contributed by atoms with E-state index in [4.69, 9.17) is 0 Å². The predicted molar refractivity (Wildman–Crippen MR) is 41.7 cm³/mol. The van der Waals surface area contributed by atoms with E-state index in [1.807, 2.05) is 24.5 Å². The summed E-state index contributed by atoms with van der Waals surface area (Å²) in [6.07, 6.45) is 3.75. The summed E-state index contributed by atoms with van der Waals surface area (Å²) in [5, 5.41) is 0. The number of aromatic nitrogens is 1. The van der Waals surface area contributed by atoms with Crippen LogP contribution in [0.25, 0.3) is 0 Å². The molecule has 1 N–H and O–H groups in total. The molecule has 1 heterocycles. The van der Waals surface area contributed by atoms with Gasteiger partial charge in [0.25, 0.3) is 0 Å². The van der Waals surface area contributed by atoms with Crippen molar-refractivity contribution in [3.63, 3.8) is 0 Å². The molecule has 0 atom stereocenters. The van der Waals surface area contributed by atoms with Gasteiger partial charge in [0.15, 0.2) is 0 Å². The fourth-order valence-electron chi connectivity index (χ4n) is 0.278. The van der Waals surface area contributed by atoms with Gasteiger partial charge in [0.2, 0.25) is 13.7 Å². The zero-order valence-corrected chi connectivity index (χ0v) is 6.13.